The number of aryl methyl sites for hydroxylation is 1. The molecule has 20 heavy (non-hydrogen) atoms. The molecule has 0 saturated heterocycles. The molecule has 3 nitrogen and oxygen atoms in total. The molecule has 0 bridgehead atoms. The zero-order chi connectivity index (χ0) is 13.9. The van der Waals surface area contributed by atoms with Crippen molar-refractivity contribution in [2.75, 3.05) is 7.11 Å². The highest BCUT2D eigenvalue weighted by atomic mass is 16.5. The van der Waals surface area contributed by atoms with Gasteiger partial charge >= 0.3 is 0 Å². The second-order valence-electron chi connectivity index (χ2n) is 4.70. The van der Waals surface area contributed by atoms with E-state index < -0.39 is 0 Å². The van der Waals surface area contributed by atoms with Gasteiger partial charge in [0.15, 0.2) is 0 Å². The maximum Gasteiger partial charge on any atom is 0.128 e. The van der Waals surface area contributed by atoms with Crippen LogP contribution < -0.4 is 4.74 Å². The third kappa shape index (κ3) is 2.18. The van der Waals surface area contributed by atoms with E-state index in [2.05, 4.69) is 41.2 Å². The fraction of sp³-hybridized carbons (Fsp3) is 0.118. The number of H-pyrrole nitrogens is 1. The topological polar surface area (TPSA) is 37.9 Å². The Morgan fingerprint density at radius 1 is 1.05 bits per heavy atom. The van der Waals surface area contributed by atoms with Crippen LogP contribution in [0.3, 0.4) is 0 Å². The largest absolute Gasteiger partial charge is 0.496 e. The van der Waals surface area contributed by atoms with Crippen LogP contribution in [0.4, 0.5) is 0 Å². The molecular formula is C17H16N2O. The summed E-state index contributed by atoms with van der Waals surface area (Å²) in [7, 11) is 1.69. The number of methoxy groups -OCH3 is 1. The number of hydrogen-bond acceptors (Lipinski definition) is 2. The van der Waals surface area contributed by atoms with E-state index in [0.29, 0.717) is 0 Å². The standard InChI is InChI=1S/C17H16N2O/c1-12-8-9-14(15(10-12)20-2)17-16(18-11-19-17)13-6-4-3-5-7-13/h3-11H,1-2H3,(H,18,19). The minimum atomic E-state index is 0.853. The van der Waals surface area contributed by atoms with Crippen molar-refractivity contribution in [1.82, 2.24) is 9.97 Å². The molecule has 1 heterocycles. The van der Waals surface area contributed by atoms with Crippen LogP contribution in [-0.4, -0.2) is 17.1 Å². The summed E-state index contributed by atoms with van der Waals surface area (Å²) in [5, 5.41) is 0. The molecule has 2 aromatic carbocycles. The SMILES string of the molecule is COc1cc(C)ccc1-c1[nH]cnc1-c1ccccc1. The molecule has 1 N–H and O–H groups in total. The zero-order valence-corrected chi connectivity index (χ0v) is 11.6. The van der Waals surface area contributed by atoms with Gasteiger partial charge in [0, 0.05) is 11.1 Å². The van der Waals surface area contributed by atoms with Gasteiger partial charge in [-0.25, -0.2) is 4.98 Å². The van der Waals surface area contributed by atoms with Gasteiger partial charge in [-0.2, -0.15) is 0 Å². The van der Waals surface area contributed by atoms with Crippen molar-refractivity contribution in [2.45, 2.75) is 6.92 Å². The average molecular weight is 264 g/mol. The normalized spacial score (nSPS) is 10.5. The molecule has 3 rings (SSSR count). The molecule has 0 amide bonds. The average Bonchev–Trinajstić information content (AvgIpc) is 2.97. The molecule has 0 unspecified atom stereocenters. The number of benzene rings is 2. The Morgan fingerprint density at radius 3 is 2.60 bits per heavy atom. The van der Waals surface area contributed by atoms with Crippen molar-refractivity contribution in [1.29, 1.82) is 0 Å². The fourth-order valence-corrected chi connectivity index (χ4v) is 2.32. The number of imidazole rings is 1. The predicted molar refractivity (Wildman–Crippen MR) is 80.7 cm³/mol. The minimum absolute atomic E-state index is 0.853. The molecule has 3 heteroatoms. The first-order valence-electron chi connectivity index (χ1n) is 6.53. The maximum atomic E-state index is 5.49. The van der Waals surface area contributed by atoms with Crippen molar-refractivity contribution in [3.63, 3.8) is 0 Å². The highest BCUT2D eigenvalue weighted by Gasteiger charge is 2.14. The maximum absolute atomic E-state index is 5.49. The quantitative estimate of drug-likeness (QED) is 0.774. The van der Waals surface area contributed by atoms with Crippen LogP contribution in [0.2, 0.25) is 0 Å². The summed E-state index contributed by atoms with van der Waals surface area (Å²) in [6.07, 6.45) is 1.72. The molecule has 0 aliphatic heterocycles. The summed E-state index contributed by atoms with van der Waals surface area (Å²) in [6.45, 7) is 2.05. The van der Waals surface area contributed by atoms with E-state index >= 15 is 0 Å². The summed E-state index contributed by atoms with van der Waals surface area (Å²) in [5.74, 6) is 0.853. The highest BCUT2D eigenvalue weighted by molar-refractivity contribution is 5.81. The summed E-state index contributed by atoms with van der Waals surface area (Å²) in [4.78, 5) is 7.67. The van der Waals surface area contributed by atoms with Crippen LogP contribution in [0.5, 0.6) is 5.75 Å². The predicted octanol–water partition coefficient (Wildman–Crippen LogP) is 4.06. The molecule has 100 valence electrons. The van der Waals surface area contributed by atoms with Crippen LogP contribution >= 0.6 is 0 Å². The molecule has 0 aliphatic carbocycles. The van der Waals surface area contributed by atoms with E-state index in [4.69, 9.17) is 4.74 Å². The van der Waals surface area contributed by atoms with Gasteiger partial charge in [0.05, 0.1) is 24.8 Å². The van der Waals surface area contributed by atoms with Gasteiger partial charge in [0.1, 0.15) is 5.75 Å². The number of aromatic amines is 1. The number of nitrogens with one attached hydrogen (secondary N) is 1. The second kappa shape index (κ2) is 5.21. The van der Waals surface area contributed by atoms with E-state index in [1.165, 1.54) is 5.56 Å². The van der Waals surface area contributed by atoms with Gasteiger partial charge in [0.25, 0.3) is 0 Å². The Balaban J connectivity index is 2.15. The Morgan fingerprint density at radius 2 is 1.85 bits per heavy atom. The van der Waals surface area contributed by atoms with Crippen molar-refractivity contribution in [2.24, 2.45) is 0 Å². The second-order valence-corrected chi connectivity index (χ2v) is 4.70. The number of hydrogen-bond donors (Lipinski definition) is 1. The van der Waals surface area contributed by atoms with Gasteiger partial charge in [-0.05, 0) is 24.6 Å². The number of rotatable bonds is 3. The first kappa shape index (κ1) is 12.5. The molecule has 0 fully saturated rings. The molecule has 3 aromatic rings. The fourth-order valence-electron chi connectivity index (χ4n) is 2.32. The lowest BCUT2D eigenvalue weighted by molar-refractivity contribution is 0.416. The van der Waals surface area contributed by atoms with Crippen molar-refractivity contribution in [3.8, 4) is 28.3 Å². The summed E-state index contributed by atoms with van der Waals surface area (Å²) in [6, 6.07) is 16.3. The Hall–Kier alpha value is -2.55. The lowest BCUT2D eigenvalue weighted by Crippen LogP contribution is -1.91. The minimum Gasteiger partial charge on any atom is -0.496 e. The van der Waals surface area contributed by atoms with Crippen molar-refractivity contribution >= 4 is 0 Å². The molecule has 0 aliphatic rings. The van der Waals surface area contributed by atoms with Crippen LogP contribution in [0.15, 0.2) is 54.9 Å². The summed E-state index contributed by atoms with van der Waals surface area (Å²) >= 11 is 0. The smallest absolute Gasteiger partial charge is 0.128 e. The first-order chi connectivity index (χ1) is 9.79. The Labute approximate surface area is 118 Å². The van der Waals surface area contributed by atoms with E-state index in [1.54, 1.807) is 13.4 Å². The van der Waals surface area contributed by atoms with E-state index in [1.807, 2.05) is 24.3 Å². The molecule has 0 atom stereocenters. The number of nitrogens with zero attached hydrogens (tertiary/aromatic N) is 1. The lowest BCUT2D eigenvalue weighted by atomic mass is 10.0. The van der Waals surface area contributed by atoms with E-state index in [-0.39, 0.29) is 0 Å². The Bertz CT molecular complexity index is 717. The zero-order valence-electron chi connectivity index (χ0n) is 11.6. The van der Waals surface area contributed by atoms with Crippen molar-refractivity contribution < 1.29 is 4.74 Å². The van der Waals surface area contributed by atoms with Gasteiger partial charge in [-0.3, -0.25) is 0 Å². The summed E-state index contributed by atoms with van der Waals surface area (Å²) < 4.78 is 5.49. The molecule has 0 spiro atoms. The van der Waals surface area contributed by atoms with Crippen LogP contribution in [0, 0.1) is 6.92 Å². The van der Waals surface area contributed by atoms with Gasteiger partial charge in [-0.15, -0.1) is 0 Å². The molecular weight excluding hydrogens is 248 g/mol. The molecule has 0 saturated carbocycles. The van der Waals surface area contributed by atoms with Gasteiger partial charge < -0.3 is 9.72 Å². The van der Waals surface area contributed by atoms with Crippen LogP contribution in [-0.2, 0) is 0 Å². The number of ether oxygens (including phenoxy) is 1. The van der Waals surface area contributed by atoms with Crippen LogP contribution in [0.25, 0.3) is 22.5 Å². The number of aromatic nitrogens is 2. The third-order valence-electron chi connectivity index (χ3n) is 3.31. The van der Waals surface area contributed by atoms with Crippen LogP contribution in [0.1, 0.15) is 5.56 Å². The van der Waals surface area contributed by atoms with Gasteiger partial charge in [-0.1, -0.05) is 36.4 Å². The first-order valence-corrected chi connectivity index (χ1v) is 6.53. The Kier molecular flexibility index (Phi) is 3.25. The monoisotopic (exact) mass is 264 g/mol. The van der Waals surface area contributed by atoms with Crippen molar-refractivity contribution in [3.05, 3.63) is 60.4 Å². The van der Waals surface area contributed by atoms with Gasteiger partial charge in [0.2, 0.25) is 0 Å². The third-order valence-corrected chi connectivity index (χ3v) is 3.31. The lowest BCUT2D eigenvalue weighted by Gasteiger charge is -2.09. The molecule has 1 aromatic heterocycles. The molecule has 0 radical (unpaired) electrons. The highest BCUT2D eigenvalue weighted by Crippen LogP contribution is 2.35. The van der Waals surface area contributed by atoms with E-state index in [0.717, 1.165) is 28.3 Å². The summed E-state index contributed by atoms with van der Waals surface area (Å²) in [5.41, 5.74) is 5.20. The van der Waals surface area contributed by atoms with E-state index in [9.17, 15) is 0 Å².